The van der Waals surface area contributed by atoms with Crippen LogP contribution in [0.1, 0.15) is 62.1 Å². The zero-order chi connectivity index (χ0) is 44.2. The molecule has 62 heavy (non-hydrogen) atoms. The number of benzene rings is 4. The Bertz CT molecular complexity index is 2610. The average molecular weight is 882 g/mol. The van der Waals surface area contributed by atoms with Gasteiger partial charge in [-0.25, -0.2) is 13.4 Å². The number of aliphatic imine (C=N–C) groups is 1. The van der Waals surface area contributed by atoms with E-state index in [4.69, 9.17) is 10.5 Å². The van der Waals surface area contributed by atoms with Crippen molar-refractivity contribution in [1.82, 2.24) is 14.5 Å². The first-order valence-electron chi connectivity index (χ1n) is 20.8. The van der Waals surface area contributed by atoms with Gasteiger partial charge < -0.3 is 20.7 Å². The second-order valence-corrected chi connectivity index (χ2v) is 19.5. The van der Waals surface area contributed by atoms with E-state index < -0.39 is 50.1 Å². The summed E-state index contributed by atoms with van der Waals surface area (Å²) in [7, 11) is -8.57. The highest BCUT2D eigenvalue weighted by atomic mass is 32.2. The molecule has 326 valence electrons. The number of fused-ring (bicyclic) bond motifs is 4. The summed E-state index contributed by atoms with van der Waals surface area (Å²) in [5, 5.41) is 2.65. The predicted octanol–water partition coefficient (Wildman–Crippen LogP) is 5.76. The van der Waals surface area contributed by atoms with Gasteiger partial charge in [-0.15, -0.1) is 0 Å². The summed E-state index contributed by atoms with van der Waals surface area (Å²) >= 11 is 0. The highest BCUT2D eigenvalue weighted by molar-refractivity contribution is 7.89. The topological polar surface area (TPSA) is 206 Å². The van der Waals surface area contributed by atoms with Gasteiger partial charge in [0.1, 0.15) is 12.4 Å². The summed E-state index contributed by atoms with van der Waals surface area (Å²) in [6, 6.07) is 27.6. The van der Waals surface area contributed by atoms with Gasteiger partial charge in [0.2, 0.25) is 21.8 Å². The van der Waals surface area contributed by atoms with Crippen molar-refractivity contribution in [3.8, 4) is 22.3 Å². The van der Waals surface area contributed by atoms with Crippen LogP contribution in [0.25, 0.3) is 28.3 Å². The lowest BCUT2D eigenvalue weighted by molar-refractivity contribution is -0.146. The lowest BCUT2D eigenvalue weighted by atomic mass is 9.98. The zero-order valence-electron chi connectivity index (χ0n) is 34.7. The number of nitrogens with two attached hydrogens (primary N) is 1. The maximum absolute atomic E-state index is 13.7. The summed E-state index contributed by atoms with van der Waals surface area (Å²) in [5.74, 6) is -4.26. The molecule has 0 unspecified atom stereocenters. The molecule has 2 aliphatic heterocycles. The number of sulfonamides is 1. The molecule has 1 aliphatic carbocycles. The summed E-state index contributed by atoms with van der Waals surface area (Å²) in [5.41, 5.74) is 13.6. The molecule has 3 aliphatic rings. The Balaban J connectivity index is 0.954. The molecule has 2 amide bonds. The Labute approximate surface area is 362 Å². The van der Waals surface area contributed by atoms with Crippen LogP contribution in [0.15, 0.2) is 106 Å². The first-order valence-corrected chi connectivity index (χ1v) is 23.8. The van der Waals surface area contributed by atoms with Gasteiger partial charge in [0.15, 0.2) is 0 Å². The molecule has 1 saturated heterocycles. The number of rotatable bonds is 17. The summed E-state index contributed by atoms with van der Waals surface area (Å²) < 4.78 is 67.8. The van der Waals surface area contributed by atoms with Gasteiger partial charge in [0.05, 0.1) is 28.7 Å². The second kappa shape index (κ2) is 18.7. The van der Waals surface area contributed by atoms with Crippen LogP contribution >= 0.6 is 0 Å². The fourth-order valence-electron chi connectivity index (χ4n) is 8.35. The van der Waals surface area contributed by atoms with Crippen molar-refractivity contribution in [3.63, 3.8) is 0 Å². The van der Waals surface area contributed by atoms with Crippen LogP contribution in [0.4, 0.5) is 5.69 Å². The van der Waals surface area contributed by atoms with Gasteiger partial charge in [-0.3, -0.25) is 18.9 Å². The first-order chi connectivity index (χ1) is 29.6. The third kappa shape index (κ3) is 9.99. The minimum Gasteiger partial charge on any atom is -0.465 e. The highest BCUT2D eigenvalue weighted by Gasteiger charge is 2.38. The fraction of sp³-hybridized carbons (Fsp3) is 0.348. The van der Waals surface area contributed by atoms with Crippen molar-refractivity contribution in [1.29, 1.82) is 0 Å². The third-order valence-corrected chi connectivity index (χ3v) is 14.1. The van der Waals surface area contributed by atoms with E-state index in [0.29, 0.717) is 41.3 Å². The number of hydrogen-bond acceptors (Lipinski definition) is 10. The van der Waals surface area contributed by atoms with Crippen LogP contribution in [-0.4, -0.2) is 99.3 Å². The van der Waals surface area contributed by atoms with Crippen molar-refractivity contribution in [2.45, 2.75) is 50.3 Å². The number of amides is 2. The van der Waals surface area contributed by atoms with E-state index in [1.165, 1.54) is 10.4 Å². The minimum atomic E-state index is -4.64. The Morgan fingerprint density at radius 1 is 0.887 bits per heavy atom. The quantitative estimate of drug-likeness (QED) is 0.0863. The SMILES string of the molecule is CCCN(CCC)C(=O)C1=Cc2ccc(-c3cccc(S(=O)(=O)N4CC(CNC(=O)[C@@H](CC(=O)OCC5c6ccccc6-c6ccccc65)CS(=O)(=O)O)C4)c3)cc2N=C(N)C1. The smallest absolute Gasteiger partial charge is 0.306 e. The minimum absolute atomic E-state index is 0.0154. The highest BCUT2D eigenvalue weighted by Crippen LogP contribution is 2.44. The van der Waals surface area contributed by atoms with Crippen LogP contribution in [0.2, 0.25) is 0 Å². The number of hydrogen-bond donors (Lipinski definition) is 3. The maximum Gasteiger partial charge on any atom is 0.306 e. The number of carbonyl (C=O) groups is 3. The van der Waals surface area contributed by atoms with Crippen molar-refractivity contribution < 1.29 is 40.5 Å². The van der Waals surface area contributed by atoms with Crippen molar-refractivity contribution in [3.05, 3.63) is 113 Å². The number of nitrogens with zero attached hydrogens (tertiary/aromatic N) is 3. The van der Waals surface area contributed by atoms with Gasteiger partial charge >= 0.3 is 5.97 Å². The molecule has 0 radical (unpaired) electrons. The first kappa shape index (κ1) is 44.4. The van der Waals surface area contributed by atoms with Crippen LogP contribution in [-0.2, 0) is 39.3 Å². The molecular weight excluding hydrogens is 831 g/mol. The normalized spacial score (nSPS) is 15.8. The van der Waals surface area contributed by atoms with Gasteiger partial charge in [0.25, 0.3) is 10.1 Å². The molecule has 0 spiro atoms. The van der Waals surface area contributed by atoms with Crippen molar-refractivity contribution in [2.75, 3.05) is 45.1 Å². The van der Waals surface area contributed by atoms with E-state index in [1.54, 1.807) is 18.2 Å². The number of esters is 1. The van der Waals surface area contributed by atoms with E-state index in [1.807, 2.05) is 91.6 Å². The molecule has 0 bridgehead atoms. The fourth-order valence-corrected chi connectivity index (χ4v) is 10.8. The standard InChI is InChI=1S/C46H51N5O9S2/c1-3-18-50(19-4-2)46(54)34-20-33-17-16-32(22-42(33)49-43(47)23-34)31-10-9-11-36(21-31)62(58,59)51-26-30(27-51)25-48-45(53)35(29-61(55,56)57)24-44(52)60-28-41-39-14-7-5-12-37(39)38-13-6-8-15-40(38)41/h5-17,20-22,30,35,41H,3-4,18-19,23-29H2,1-2H3,(H2,47,49)(H,48,53)(H,55,56,57)/t35-/m0/s1. The third-order valence-electron chi connectivity index (χ3n) is 11.4. The van der Waals surface area contributed by atoms with Crippen LogP contribution < -0.4 is 11.1 Å². The molecule has 2 heterocycles. The molecule has 0 saturated carbocycles. The summed E-state index contributed by atoms with van der Waals surface area (Å²) in [6.45, 7) is 5.55. The monoisotopic (exact) mass is 881 g/mol. The number of amidine groups is 1. The molecule has 1 fully saturated rings. The molecule has 7 rings (SSSR count). The molecule has 16 heteroatoms. The predicted molar refractivity (Wildman–Crippen MR) is 237 cm³/mol. The lowest BCUT2D eigenvalue weighted by Crippen LogP contribution is -2.54. The van der Waals surface area contributed by atoms with Crippen molar-refractivity contribution in [2.24, 2.45) is 22.6 Å². The van der Waals surface area contributed by atoms with E-state index in [9.17, 15) is 35.8 Å². The molecule has 0 aromatic heterocycles. The largest absolute Gasteiger partial charge is 0.465 e. The molecular formula is C46H51N5O9S2. The Hall–Kier alpha value is -5.68. The van der Waals surface area contributed by atoms with E-state index >= 15 is 0 Å². The van der Waals surface area contributed by atoms with Gasteiger partial charge in [-0.05, 0) is 70.5 Å². The summed E-state index contributed by atoms with van der Waals surface area (Å²) in [4.78, 5) is 46.2. The van der Waals surface area contributed by atoms with Crippen LogP contribution in [0, 0.1) is 11.8 Å². The Morgan fingerprint density at radius 3 is 2.18 bits per heavy atom. The van der Waals surface area contributed by atoms with E-state index in [2.05, 4.69) is 10.3 Å². The molecule has 4 N–H and O–H groups in total. The van der Waals surface area contributed by atoms with E-state index in [-0.39, 0.29) is 55.3 Å². The summed E-state index contributed by atoms with van der Waals surface area (Å²) in [6.07, 6.45) is 3.14. The average Bonchev–Trinajstić information content (AvgIpc) is 3.44. The van der Waals surface area contributed by atoms with E-state index in [0.717, 1.165) is 40.7 Å². The number of ether oxygens (including phenoxy) is 1. The number of nitrogens with one attached hydrogen (secondary N) is 1. The van der Waals surface area contributed by atoms with Gasteiger partial charge in [-0.2, -0.15) is 12.7 Å². The van der Waals surface area contributed by atoms with Crippen LogP contribution in [0.5, 0.6) is 0 Å². The van der Waals surface area contributed by atoms with Crippen LogP contribution in [0.3, 0.4) is 0 Å². The number of carbonyl (C=O) groups excluding carboxylic acids is 3. The lowest BCUT2D eigenvalue weighted by Gasteiger charge is -2.38. The Kier molecular flexibility index (Phi) is 13.4. The van der Waals surface area contributed by atoms with Crippen molar-refractivity contribution >= 4 is 55.5 Å². The zero-order valence-corrected chi connectivity index (χ0v) is 36.3. The molecule has 4 aromatic rings. The molecule has 1 atom stereocenters. The molecule has 14 nitrogen and oxygen atoms in total. The second-order valence-electron chi connectivity index (χ2n) is 16.0. The maximum atomic E-state index is 13.7. The Morgan fingerprint density at radius 2 is 1.53 bits per heavy atom. The molecule has 4 aromatic carbocycles. The van der Waals surface area contributed by atoms with Gasteiger partial charge in [-0.1, -0.05) is 86.6 Å². The van der Waals surface area contributed by atoms with Gasteiger partial charge in [0, 0.05) is 62.1 Å².